The van der Waals surface area contributed by atoms with E-state index >= 15 is 0 Å². The first kappa shape index (κ1) is 32.2. The van der Waals surface area contributed by atoms with E-state index in [0.29, 0.717) is 28.9 Å². The molecule has 0 aliphatic carbocycles. The first-order chi connectivity index (χ1) is 23.0. The first-order valence-corrected chi connectivity index (χ1v) is 16.4. The Balaban J connectivity index is 1.06. The summed E-state index contributed by atoms with van der Waals surface area (Å²) in [5, 5.41) is 16.0. The van der Waals surface area contributed by atoms with Crippen LogP contribution < -0.4 is 15.4 Å². The van der Waals surface area contributed by atoms with Crippen molar-refractivity contribution in [2.45, 2.75) is 43.7 Å². The summed E-state index contributed by atoms with van der Waals surface area (Å²) < 4.78 is 18.9. The molecular weight excluding hydrogens is 612 g/mol. The van der Waals surface area contributed by atoms with Crippen molar-refractivity contribution in [1.82, 2.24) is 15.3 Å². The lowest BCUT2D eigenvalue weighted by atomic mass is 9.91. The lowest BCUT2D eigenvalue weighted by molar-refractivity contribution is -0.268. The molecule has 9 nitrogen and oxygen atoms in total. The standard InChI is InChI=1S/C37H36N4O5S/c1-25-33(24-47-37-38-20-5-21-39-37)45-35(46-34(25)28-12-10-27(23-42)11-13-28)29-14-8-26(9-15-29)22-40-36(43)41-30-16-18-32(19-17-30)44-31-6-3-2-4-7-31/h2-21,25,33-35,42H,22-24H2,1H3,(H2,40,41,43)/t25-,33+,34+,35+/m1/s1. The monoisotopic (exact) mass is 648 g/mol. The number of carbonyl (C=O) groups is 1. The number of anilines is 1. The minimum absolute atomic E-state index is 0.00991. The van der Waals surface area contributed by atoms with Crippen LogP contribution >= 0.6 is 11.8 Å². The number of benzene rings is 4. The first-order valence-electron chi connectivity index (χ1n) is 15.4. The zero-order valence-corrected chi connectivity index (χ0v) is 26.7. The maximum atomic E-state index is 12.6. The van der Waals surface area contributed by atoms with E-state index in [1.165, 1.54) is 0 Å². The highest BCUT2D eigenvalue weighted by Crippen LogP contribution is 2.42. The van der Waals surface area contributed by atoms with Crippen molar-refractivity contribution in [2.24, 2.45) is 5.92 Å². The average molecular weight is 649 g/mol. The van der Waals surface area contributed by atoms with Crippen LogP contribution in [-0.2, 0) is 22.6 Å². The second-order valence-corrected chi connectivity index (χ2v) is 12.1. The van der Waals surface area contributed by atoms with E-state index in [1.54, 1.807) is 42.4 Å². The summed E-state index contributed by atoms with van der Waals surface area (Å²) in [5.74, 6) is 2.15. The third kappa shape index (κ3) is 8.75. The minimum atomic E-state index is -0.588. The number of aliphatic hydroxyl groups is 1. The molecule has 47 heavy (non-hydrogen) atoms. The molecule has 4 atom stereocenters. The maximum Gasteiger partial charge on any atom is 0.319 e. The number of ether oxygens (including phenoxy) is 3. The molecule has 3 N–H and O–H groups in total. The van der Waals surface area contributed by atoms with Crippen LogP contribution in [0.5, 0.6) is 11.5 Å². The van der Waals surface area contributed by atoms with Crippen molar-refractivity contribution in [2.75, 3.05) is 11.1 Å². The Morgan fingerprint density at radius 2 is 1.47 bits per heavy atom. The number of hydrogen-bond acceptors (Lipinski definition) is 8. The van der Waals surface area contributed by atoms with Crippen LogP contribution in [0.15, 0.2) is 127 Å². The second kappa shape index (κ2) is 15.7. The molecule has 5 aromatic rings. The summed E-state index contributed by atoms with van der Waals surface area (Å²) in [5.41, 5.74) is 4.35. The van der Waals surface area contributed by atoms with Crippen molar-refractivity contribution >= 4 is 23.5 Å². The minimum Gasteiger partial charge on any atom is -0.457 e. The summed E-state index contributed by atoms with van der Waals surface area (Å²) in [7, 11) is 0. The van der Waals surface area contributed by atoms with Crippen LogP contribution in [0.3, 0.4) is 0 Å². The molecule has 0 spiro atoms. The number of aliphatic hydroxyl groups excluding tert-OH is 1. The topological polar surface area (TPSA) is 115 Å². The van der Waals surface area contributed by atoms with Crippen LogP contribution in [0.2, 0.25) is 0 Å². The fraction of sp³-hybridized carbons (Fsp3) is 0.216. The summed E-state index contributed by atoms with van der Waals surface area (Å²) in [6, 6.07) is 34.0. The van der Waals surface area contributed by atoms with Gasteiger partial charge in [-0.05, 0) is 59.2 Å². The van der Waals surface area contributed by atoms with Gasteiger partial charge in [-0.1, -0.05) is 85.4 Å². The van der Waals surface area contributed by atoms with Crippen molar-refractivity contribution in [3.8, 4) is 11.5 Å². The van der Waals surface area contributed by atoms with Crippen molar-refractivity contribution in [3.63, 3.8) is 0 Å². The number of hydrogen-bond donors (Lipinski definition) is 3. The summed E-state index contributed by atoms with van der Waals surface area (Å²) >= 11 is 1.56. The largest absolute Gasteiger partial charge is 0.457 e. The van der Waals surface area contributed by atoms with E-state index in [0.717, 1.165) is 28.0 Å². The summed E-state index contributed by atoms with van der Waals surface area (Å²) in [6.45, 7) is 2.47. The van der Waals surface area contributed by atoms with Crippen LogP contribution in [0, 0.1) is 5.92 Å². The fourth-order valence-corrected chi connectivity index (χ4v) is 6.17. The highest BCUT2D eigenvalue weighted by Gasteiger charge is 2.38. The van der Waals surface area contributed by atoms with Gasteiger partial charge in [0.1, 0.15) is 11.5 Å². The molecule has 10 heteroatoms. The summed E-state index contributed by atoms with van der Waals surface area (Å²) in [4.78, 5) is 21.3. The number of nitrogens with zero attached hydrogens (tertiary/aromatic N) is 2. The number of carbonyl (C=O) groups excluding carboxylic acids is 1. The van der Waals surface area contributed by atoms with Crippen LogP contribution in [0.4, 0.5) is 10.5 Å². The van der Waals surface area contributed by atoms with Crippen LogP contribution in [0.25, 0.3) is 0 Å². The second-order valence-electron chi connectivity index (χ2n) is 11.2. The molecular formula is C37H36N4O5S. The van der Waals surface area contributed by atoms with Gasteiger partial charge in [-0.15, -0.1) is 0 Å². The van der Waals surface area contributed by atoms with Gasteiger partial charge in [-0.3, -0.25) is 0 Å². The average Bonchev–Trinajstić information content (AvgIpc) is 3.12. The third-order valence-corrected chi connectivity index (χ3v) is 8.80. The smallest absolute Gasteiger partial charge is 0.319 e. The molecule has 2 heterocycles. The number of para-hydroxylation sites is 1. The molecule has 0 unspecified atom stereocenters. The number of thioether (sulfide) groups is 1. The highest BCUT2D eigenvalue weighted by molar-refractivity contribution is 7.99. The van der Waals surface area contributed by atoms with Gasteiger partial charge in [0.2, 0.25) is 0 Å². The fourth-order valence-electron chi connectivity index (χ4n) is 5.21. The van der Waals surface area contributed by atoms with E-state index in [2.05, 4.69) is 27.5 Å². The number of urea groups is 1. The zero-order chi connectivity index (χ0) is 32.4. The SMILES string of the molecule is C[C@@H]1[C@H](CSc2ncccn2)O[C@H](c2ccc(CNC(=O)Nc3ccc(Oc4ccccc4)cc3)cc2)O[C@@H]1c1ccc(CO)cc1. The molecule has 0 radical (unpaired) electrons. The molecule has 2 amide bonds. The van der Waals surface area contributed by atoms with Gasteiger partial charge in [0.05, 0.1) is 18.8 Å². The van der Waals surface area contributed by atoms with Gasteiger partial charge >= 0.3 is 6.03 Å². The predicted molar refractivity (Wildman–Crippen MR) is 181 cm³/mol. The molecule has 1 aliphatic rings. The lowest BCUT2D eigenvalue weighted by Gasteiger charge is -2.41. The van der Waals surface area contributed by atoms with Gasteiger partial charge < -0.3 is 30.0 Å². The van der Waals surface area contributed by atoms with Gasteiger partial charge in [-0.25, -0.2) is 14.8 Å². The van der Waals surface area contributed by atoms with E-state index < -0.39 is 6.29 Å². The van der Waals surface area contributed by atoms with Crippen LogP contribution in [0.1, 0.15) is 41.6 Å². The molecule has 1 aromatic heterocycles. The van der Waals surface area contributed by atoms with E-state index in [9.17, 15) is 9.90 Å². The molecule has 0 bridgehead atoms. The van der Waals surface area contributed by atoms with Crippen molar-refractivity contribution in [1.29, 1.82) is 0 Å². The number of nitrogens with one attached hydrogen (secondary N) is 2. The highest BCUT2D eigenvalue weighted by atomic mass is 32.2. The van der Waals surface area contributed by atoms with Gasteiger partial charge in [0.15, 0.2) is 11.4 Å². The van der Waals surface area contributed by atoms with Gasteiger partial charge in [0, 0.05) is 41.9 Å². The number of aromatic nitrogens is 2. The quantitative estimate of drug-likeness (QED) is 0.0988. The van der Waals surface area contributed by atoms with Crippen LogP contribution in [-0.4, -0.2) is 33.0 Å². The molecule has 0 saturated carbocycles. The molecule has 1 aliphatic heterocycles. The summed E-state index contributed by atoms with van der Waals surface area (Å²) in [6.07, 6.45) is 2.53. The third-order valence-electron chi connectivity index (χ3n) is 7.84. The van der Waals surface area contributed by atoms with E-state index in [-0.39, 0.29) is 30.8 Å². The number of rotatable bonds is 11. The Labute approximate surface area is 278 Å². The number of amides is 2. The van der Waals surface area contributed by atoms with Crippen molar-refractivity contribution in [3.05, 3.63) is 144 Å². The molecule has 1 fully saturated rings. The van der Waals surface area contributed by atoms with Gasteiger partial charge in [-0.2, -0.15) is 0 Å². The maximum absolute atomic E-state index is 12.6. The Morgan fingerprint density at radius 1 is 0.809 bits per heavy atom. The van der Waals surface area contributed by atoms with Gasteiger partial charge in [0.25, 0.3) is 0 Å². The normalized spacial score (nSPS) is 19.1. The Hall–Kier alpha value is -4.74. The lowest BCUT2D eigenvalue weighted by Crippen LogP contribution is -2.38. The molecule has 1 saturated heterocycles. The van der Waals surface area contributed by atoms with E-state index in [1.807, 2.05) is 91.0 Å². The Bertz CT molecular complexity index is 1710. The van der Waals surface area contributed by atoms with E-state index in [4.69, 9.17) is 14.2 Å². The Morgan fingerprint density at radius 3 is 2.17 bits per heavy atom. The Kier molecular flexibility index (Phi) is 10.8. The molecule has 240 valence electrons. The molecule has 6 rings (SSSR count). The zero-order valence-electron chi connectivity index (χ0n) is 25.9. The van der Waals surface area contributed by atoms with Crippen molar-refractivity contribution < 1.29 is 24.1 Å². The predicted octanol–water partition coefficient (Wildman–Crippen LogP) is 7.67. The molecule has 4 aromatic carbocycles.